The Labute approximate surface area is 121 Å². The first-order valence-corrected chi connectivity index (χ1v) is 7.46. The predicted octanol–water partition coefficient (Wildman–Crippen LogP) is 4.51. The summed E-state index contributed by atoms with van der Waals surface area (Å²) in [6, 6.07) is 9.91. The van der Waals surface area contributed by atoms with Gasteiger partial charge in [-0.2, -0.15) is 0 Å². The summed E-state index contributed by atoms with van der Waals surface area (Å²) < 4.78 is 2.15. The summed E-state index contributed by atoms with van der Waals surface area (Å²) >= 11 is 7.35. The molecule has 1 aromatic carbocycles. The average Bonchev–Trinajstić information content (AvgIpc) is 2.58. The highest BCUT2D eigenvalue weighted by atomic mass is 127. The lowest BCUT2D eigenvalue weighted by Crippen LogP contribution is -2.01. The van der Waals surface area contributed by atoms with Crippen LogP contribution in [-0.4, -0.2) is 5.11 Å². The summed E-state index contributed by atoms with van der Waals surface area (Å²) in [5.41, 5.74) is 1.96. The Morgan fingerprint density at radius 3 is 2.56 bits per heavy atom. The summed E-state index contributed by atoms with van der Waals surface area (Å²) in [5, 5.41) is 10.3. The third-order valence-electron chi connectivity index (χ3n) is 2.42. The van der Waals surface area contributed by atoms with Crippen molar-refractivity contribution in [3.63, 3.8) is 0 Å². The van der Waals surface area contributed by atoms with Crippen LogP contribution in [0.4, 0.5) is 0 Å². The Morgan fingerprint density at radius 2 is 2.00 bits per heavy atom. The smallest absolute Gasteiger partial charge is 0.106 e. The van der Waals surface area contributed by atoms with Gasteiger partial charge in [0.05, 0.1) is 3.79 Å². The number of thiophene rings is 1. The van der Waals surface area contributed by atoms with E-state index >= 15 is 0 Å². The first-order valence-electron chi connectivity index (χ1n) is 4.78. The molecule has 0 amide bonds. The Morgan fingerprint density at radius 1 is 1.31 bits per heavy atom. The summed E-state index contributed by atoms with van der Waals surface area (Å²) in [6.45, 7) is 2.03. The zero-order chi connectivity index (χ0) is 11.7. The van der Waals surface area contributed by atoms with Crippen molar-refractivity contribution in [2.45, 2.75) is 13.0 Å². The Balaban J connectivity index is 2.43. The Kier molecular flexibility index (Phi) is 4.05. The minimum absolute atomic E-state index is 0.532. The van der Waals surface area contributed by atoms with Gasteiger partial charge >= 0.3 is 0 Å². The molecule has 0 aliphatic carbocycles. The second-order valence-electron chi connectivity index (χ2n) is 3.49. The monoisotopic (exact) mass is 408 g/mol. The van der Waals surface area contributed by atoms with E-state index in [9.17, 15) is 5.11 Å². The van der Waals surface area contributed by atoms with E-state index in [-0.39, 0.29) is 0 Å². The summed E-state index contributed by atoms with van der Waals surface area (Å²) in [5.74, 6) is 0. The number of halogens is 2. The van der Waals surface area contributed by atoms with Gasteiger partial charge in [0.1, 0.15) is 6.10 Å². The van der Waals surface area contributed by atoms with Crippen molar-refractivity contribution < 1.29 is 5.11 Å². The number of aliphatic hydroxyl groups excluding tert-OH is 1. The largest absolute Gasteiger partial charge is 0.384 e. The van der Waals surface area contributed by atoms with E-state index in [0.717, 1.165) is 23.4 Å². The normalized spacial score (nSPS) is 12.8. The quantitative estimate of drug-likeness (QED) is 0.725. The molecule has 1 unspecified atom stereocenters. The van der Waals surface area contributed by atoms with Gasteiger partial charge in [-0.15, -0.1) is 11.3 Å². The van der Waals surface area contributed by atoms with Crippen LogP contribution in [0.25, 0.3) is 0 Å². The lowest BCUT2D eigenvalue weighted by Gasteiger charge is -2.12. The van der Waals surface area contributed by atoms with Gasteiger partial charge in [-0.1, -0.05) is 18.2 Å². The van der Waals surface area contributed by atoms with Gasteiger partial charge in [-0.3, -0.25) is 0 Å². The number of aliphatic hydroxyl groups is 1. The molecule has 16 heavy (non-hydrogen) atoms. The zero-order valence-corrected chi connectivity index (χ0v) is 13.1. The standard InChI is InChI=1S/C12H10BrIOS/c1-7-9(6-11(13)16-7)12(15)8-4-2-3-5-10(8)14/h2-6,12,15H,1H3. The van der Waals surface area contributed by atoms with Crippen LogP contribution in [0.15, 0.2) is 34.1 Å². The van der Waals surface area contributed by atoms with Crippen molar-refractivity contribution in [1.29, 1.82) is 0 Å². The molecular formula is C12H10BrIOS. The average molecular weight is 409 g/mol. The first kappa shape index (κ1) is 12.5. The van der Waals surface area contributed by atoms with Crippen LogP contribution in [0, 0.1) is 10.5 Å². The molecule has 2 aromatic rings. The van der Waals surface area contributed by atoms with E-state index < -0.39 is 6.10 Å². The van der Waals surface area contributed by atoms with Gasteiger partial charge in [-0.25, -0.2) is 0 Å². The first-order chi connectivity index (χ1) is 7.59. The molecule has 1 N–H and O–H groups in total. The molecule has 0 saturated heterocycles. The van der Waals surface area contributed by atoms with E-state index in [1.165, 1.54) is 0 Å². The topological polar surface area (TPSA) is 20.2 Å². The Bertz CT molecular complexity index is 509. The van der Waals surface area contributed by atoms with Crippen LogP contribution in [0.5, 0.6) is 0 Å². The van der Waals surface area contributed by atoms with Crippen LogP contribution in [0.2, 0.25) is 0 Å². The van der Waals surface area contributed by atoms with Crippen LogP contribution in [0.1, 0.15) is 22.1 Å². The summed E-state index contributed by atoms with van der Waals surface area (Å²) in [7, 11) is 0. The minimum Gasteiger partial charge on any atom is -0.384 e. The lowest BCUT2D eigenvalue weighted by atomic mass is 10.0. The molecule has 84 valence electrons. The molecule has 1 nitrogen and oxygen atoms in total. The van der Waals surface area contributed by atoms with Crippen molar-refractivity contribution in [2.75, 3.05) is 0 Å². The lowest BCUT2D eigenvalue weighted by molar-refractivity contribution is 0.219. The van der Waals surface area contributed by atoms with Gasteiger partial charge in [0.15, 0.2) is 0 Å². The molecule has 0 spiro atoms. The number of hydrogen-bond acceptors (Lipinski definition) is 2. The van der Waals surface area contributed by atoms with Crippen LogP contribution >= 0.6 is 49.9 Å². The van der Waals surface area contributed by atoms with E-state index in [1.54, 1.807) is 11.3 Å². The van der Waals surface area contributed by atoms with E-state index in [0.29, 0.717) is 0 Å². The fourth-order valence-electron chi connectivity index (χ4n) is 1.59. The molecular weight excluding hydrogens is 399 g/mol. The predicted molar refractivity (Wildman–Crippen MR) is 80.0 cm³/mol. The fourth-order valence-corrected chi connectivity index (χ4v) is 4.02. The van der Waals surface area contributed by atoms with E-state index in [2.05, 4.69) is 38.5 Å². The van der Waals surface area contributed by atoms with Crippen molar-refractivity contribution in [1.82, 2.24) is 0 Å². The fraction of sp³-hybridized carbons (Fsp3) is 0.167. The molecule has 0 aliphatic rings. The highest BCUT2D eigenvalue weighted by Crippen LogP contribution is 2.34. The van der Waals surface area contributed by atoms with Crippen molar-refractivity contribution in [2.24, 2.45) is 0 Å². The van der Waals surface area contributed by atoms with Crippen LogP contribution in [-0.2, 0) is 0 Å². The molecule has 0 fully saturated rings. The molecule has 0 bridgehead atoms. The highest BCUT2D eigenvalue weighted by molar-refractivity contribution is 14.1. The number of aryl methyl sites for hydroxylation is 1. The zero-order valence-electron chi connectivity index (χ0n) is 8.58. The van der Waals surface area contributed by atoms with Crippen molar-refractivity contribution in [3.05, 3.63) is 53.7 Å². The van der Waals surface area contributed by atoms with Crippen LogP contribution < -0.4 is 0 Å². The van der Waals surface area contributed by atoms with Gasteiger partial charge in [0.25, 0.3) is 0 Å². The molecule has 0 radical (unpaired) electrons. The molecule has 1 aromatic heterocycles. The number of hydrogen-bond donors (Lipinski definition) is 1. The third-order valence-corrected chi connectivity index (χ3v) is 4.97. The van der Waals surface area contributed by atoms with Crippen LogP contribution in [0.3, 0.4) is 0 Å². The van der Waals surface area contributed by atoms with Crippen molar-refractivity contribution >= 4 is 49.9 Å². The van der Waals surface area contributed by atoms with Crippen molar-refractivity contribution in [3.8, 4) is 0 Å². The number of benzene rings is 1. The van der Waals surface area contributed by atoms with E-state index in [1.807, 2.05) is 37.3 Å². The molecule has 0 saturated carbocycles. The molecule has 1 heterocycles. The second kappa shape index (κ2) is 5.16. The summed E-state index contributed by atoms with van der Waals surface area (Å²) in [6.07, 6.45) is -0.532. The maximum absolute atomic E-state index is 10.3. The Hall–Kier alpha value is 0.0900. The molecule has 2 rings (SSSR count). The minimum atomic E-state index is -0.532. The maximum Gasteiger partial charge on any atom is 0.106 e. The van der Waals surface area contributed by atoms with E-state index in [4.69, 9.17) is 0 Å². The number of rotatable bonds is 2. The SMILES string of the molecule is Cc1sc(Br)cc1C(O)c1ccccc1I. The highest BCUT2D eigenvalue weighted by Gasteiger charge is 2.17. The maximum atomic E-state index is 10.3. The van der Waals surface area contributed by atoms with Gasteiger partial charge in [0.2, 0.25) is 0 Å². The third kappa shape index (κ3) is 2.50. The summed E-state index contributed by atoms with van der Waals surface area (Å²) in [4.78, 5) is 1.15. The van der Waals surface area contributed by atoms with Gasteiger partial charge < -0.3 is 5.11 Å². The second-order valence-corrected chi connectivity index (χ2v) is 7.28. The molecule has 0 aliphatic heterocycles. The molecule has 4 heteroatoms. The van der Waals surface area contributed by atoms with Gasteiger partial charge in [0, 0.05) is 8.45 Å². The molecule has 1 atom stereocenters. The van der Waals surface area contributed by atoms with Gasteiger partial charge in [-0.05, 0) is 68.7 Å².